The molecule has 0 aliphatic heterocycles. The van der Waals surface area contributed by atoms with E-state index in [0.29, 0.717) is 22.4 Å². The van der Waals surface area contributed by atoms with Gasteiger partial charge in [0.05, 0.1) is 12.1 Å². The lowest BCUT2D eigenvalue weighted by Crippen LogP contribution is -2.21. The molecule has 0 atom stereocenters. The molecule has 1 amide bonds. The Balaban J connectivity index is 3.16. The van der Waals surface area contributed by atoms with Crippen LogP contribution < -0.4 is 11.3 Å². The molecule has 1 rings (SSSR count). The largest absolute Gasteiger partial charge is 0.369 e. The molecule has 0 bridgehead atoms. The number of hydrogen-bond acceptors (Lipinski definition) is 3. The molecule has 0 spiro atoms. The molecule has 6 heteroatoms. The zero-order chi connectivity index (χ0) is 10.7. The first-order valence-electron chi connectivity index (χ1n) is 4.10. The molecular formula is C8H10BrN3O2. The van der Waals surface area contributed by atoms with Gasteiger partial charge in [0.15, 0.2) is 0 Å². The number of halogens is 1. The Bertz CT molecular complexity index is 414. The highest BCUT2D eigenvalue weighted by Gasteiger charge is 2.08. The van der Waals surface area contributed by atoms with E-state index in [0.717, 1.165) is 0 Å². The number of aromatic amines is 1. The SMILES string of the molecule is CCc1nc(CC(N)=O)[nH]c(=O)c1Br. The first-order chi connectivity index (χ1) is 6.54. The molecule has 1 aromatic heterocycles. The van der Waals surface area contributed by atoms with Crippen LogP contribution in [-0.4, -0.2) is 15.9 Å². The molecular weight excluding hydrogens is 250 g/mol. The number of hydrogen-bond donors (Lipinski definition) is 2. The van der Waals surface area contributed by atoms with Crippen LogP contribution in [0, 0.1) is 0 Å². The Hall–Kier alpha value is -1.17. The minimum atomic E-state index is -0.516. The molecule has 14 heavy (non-hydrogen) atoms. The topological polar surface area (TPSA) is 88.8 Å². The number of carbonyl (C=O) groups excluding carboxylic acids is 1. The van der Waals surface area contributed by atoms with Crippen LogP contribution in [0.2, 0.25) is 0 Å². The average molecular weight is 260 g/mol. The number of primary amides is 1. The molecule has 76 valence electrons. The Kier molecular flexibility index (Phi) is 3.40. The summed E-state index contributed by atoms with van der Waals surface area (Å²) in [5.74, 6) is -0.208. The maximum atomic E-state index is 11.3. The maximum Gasteiger partial charge on any atom is 0.265 e. The molecule has 0 aliphatic carbocycles. The normalized spacial score (nSPS) is 10.1. The summed E-state index contributed by atoms with van der Waals surface area (Å²) in [5.41, 5.74) is 5.34. The fourth-order valence-electron chi connectivity index (χ4n) is 1.04. The summed E-state index contributed by atoms with van der Waals surface area (Å²) in [5, 5.41) is 0. The summed E-state index contributed by atoms with van der Waals surface area (Å²) in [4.78, 5) is 28.5. The molecule has 0 saturated carbocycles. The van der Waals surface area contributed by atoms with Crippen LogP contribution in [-0.2, 0) is 17.6 Å². The van der Waals surface area contributed by atoms with Crippen molar-refractivity contribution in [1.29, 1.82) is 0 Å². The van der Waals surface area contributed by atoms with Gasteiger partial charge in [-0.3, -0.25) is 9.59 Å². The zero-order valence-electron chi connectivity index (χ0n) is 7.63. The zero-order valence-corrected chi connectivity index (χ0v) is 9.22. The van der Waals surface area contributed by atoms with Crippen molar-refractivity contribution in [1.82, 2.24) is 9.97 Å². The van der Waals surface area contributed by atoms with Crippen LogP contribution in [0.25, 0.3) is 0 Å². The number of nitrogens with one attached hydrogen (secondary N) is 1. The van der Waals surface area contributed by atoms with E-state index in [1.165, 1.54) is 0 Å². The number of rotatable bonds is 3. The van der Waals surface area contributed by atoms with Crippen molar-refractivity contribution in [2.75, 3.05) is 0 Å². The fourth-order valence-corrected chi connectivity index (χ4v) is 1.51. The highest BCUT2D eigenvalue weighted by atomic mass is 79.9. The van der Waals surface area contributed by atoms with Crippen molar-refractivity contribution >= 4 is 21.8 Å². The van der Waals surface area contributed by atoms with Crippen molar-refractivity contribution in [2.24, 2.45) is 5.73 Å². The molecule has 0 unspecified atom stereocenters. The molecule has 0 radical (unpaired) electrons. The standard InChI is InChI=1S/C8H10BrN3O2/c1-2-4-7(9)8(14)12-6(11-4)3-5(10)13/h2-3H2,1H3,(H2,10,13)(H,11,12,14). The third-order valence-corrected chi connectivity index (χ3v) is 2.47. The molecule has 0 aliphatic rings. The molecule has 5 nitrogen and oxygen atoms in total. The van der Waals surface area contributed by atoms with E-state index in [9.17, 15) is 9.59 Å². The lowest BCUT2D eigenvalue weighted by Gasteiger charge is -2.02. The number of aryl methyl sites for hydroxylation is 1. The van der Waals surface area contributed by atoms with Crippen LogP contribution in [0.1, 0.15) is 18.4 Å². The number of carbonyl (C=O) groups is 1. The van der Waals surface area contributed by atoms with E-state index in [2.05, 4.69) is 25.9 Å². The lowest BCUT2D eigenvalue weighted by atomic mass is 10.3. The van der Waals surface area contributed by atoms with E-state index in [-0.39, 0.29) is 12.0 Å². The summed E-state index contributed by atoms with van der Waals surface area (Å²) in [7, 11) is 0. The molecule has 3 N–H and O–H groups in total. The second kappa shape index (κ2) is 4.36. The number of amides is 1. The molecule has 1 heterocycles. The Morgan fingerprint density at radius 2 is 2.29 bits per heavy atom. The average Bonchev–Trinajstić information content (AvgIpc) is 2.10. The third-order valence-electron chi connectivity index (χ3n) is 1.66. The van der Waals surface area contributed by atoms with Crippen LogP contribution in [0.3, 0.4) is 0 Å². The van der Waals surface area contributed by atoms with Crippen LogP contribution in [0.5, 0.6) is 0 Å². The van der Waals surface area contributed by atoms with Gasteiger partial charge in [0.25, 0.3) is 5.56 Å². The van der Waals surface area contributed by atoms with Gasteiger partial charge in [-0.2, -0.15) is 0 Å². The van der Waals surface area contributed by atoms with Gasteiger partial charge in [-0.1, -0.05) is 6.92 Å². The van der Waals surface area contributed by atoms with Gasteiger partial charge in [-0.05, 0) is 22.4 Å². The molecule has 0 saturated heterocycles. The highest BCUT2D eigenvalue weighted by Crippen LogP contribution is 2.09. The predicted octanol–water partition coefficient (Wildman–Crippen LogP) is 0.123. The summed E-state index contributed by atoms with van der Waals surface area (Å²) in [6.45, 7) is 1.88. The van der Waals surface area contributed by atoms with Crippen LogP contribution >= 0.6 is 15.9 Å². The van der Waals surface area contributed by atoms with Crippen molar-refractivity contribution in [3.05, 3.63) is 26.3 Å². The van der Waals surface area contributed by atoms with Gasteiger partial charge in [0.1, 0.15) is 10.3 Å². The fraction of sp³-hybridized carbons (Fsp3) is 0.375. The van der Waals surface area contributed by atoms with Crippen molar-refractivity contribution < 1.29 is 4.79 Å². The number of aromatic nitrogens is 2. The first-order valence-corrected chi connectivity index (χ1v) is 4.89. The first kappa shape index (κ1) is 10.9. The number of H-pyrrole nitrogens is 1. The second-order valence-electron chi connectivity index (χ2n) is 2.77. The van der Waals surface area contributed by atoms with Gasteiger partial charge in [-0.15, -0.1) is 0 Å². The van der Waals surface area contributed by atoms with Crippen molar-refractivity contribution in [3.63, 3.8) is 0 Å². The summed E-state index contributed by atoms with van der Waals surface area (Å²) in [6, 6.07) is 0. The lowest BCUT2D eigenvalue weighted by molar-refractivity contribution is -0.117. The van der Waals surface area contributed by atoms with E-state index in [1.807, 2.05) is 6.92 Å². The van der Waals surface area contributed by atoms with Gasteiger partial charge in [-0.25, -0.2) is 4.98 Å². The van der Waals surface area contributed by atoms with E-state index < -0.39 is 5.91 Å². The van der Waals surface area contributed by atoms with Gasteiger partial charge in [0, 0.05) is 0 Å². The van der Waals surface area contributed by atoms with E-state index in [1.54, 1.807) is 0 Å². The smallest absolute Gasteiger partial charge is 0.265 e. The molecule has 1 aromatic rings. The van der Waals surface area contributed by atoms with Crippen molar-refractivity contribution in [2.45, 2.75) is 19.8 Å². The van der Waals surface area contributed by atoms with Crippen molar-refractivity contribution in [3.8, 4) is 0 Å². The molecule has 0 fully saturated rings. The van der Waals surface area contributed by atoms with Gasteiger partial charge in [0.2, 0.25) is 5.91 Å². The van der Waals surface area contributed by atoms with Crippen LogP contribution in [0.15, 0.2) is 9.27 Å². The monoisotopic (exact) mass is 259 g/mol. The number of nitrogens with zero attached hydrogens (tertiary/aromatic N) is 1. The third kappa shape index (κ3) is 2.41. The Morgan fingerprint density at radius 1 is 1.64 bits per heavy atom. The summed E-state index contributed by atoms with van der Waals surface area (Å²) < 4.78 is 0.410. The van der Waals surface area contributed by atoms with E-state index in [4.69, 9.17) is 5.73 Å². The Labute approximate surface area is 88.9 Å². The summed E-state index contributed by atoms with van der Waals surface area (Å²) in [6.07, 6.45) is 0.575. The van der Waals surface area contributed by atoms with Gasteiger partial charge >= 0.3 is 0 Å². The van der Waals surface area contributed by atoms with Crippen LogP contribution in [0.4, 0.5) is 0 Å². The minimum absolute atomic E-state index is 0.0461. The maximum absolute atomic E-state index is 11.3. The summed E-state index contributed by atoms with van der Waals surface area (Å²) >= 11 is 3.12. The quantitative estimate of drug-likeness (QED) is 0.809. The Morgan fingerprint density at radius 3 is 2.79 bits per heavy atom. The van der Waals surface area contributed by atoms with E-state index >= 15 is 0 Å². The highest BCUT2D eigenvalue weighted by molar-refractivity contribution is 9.10. The second-order valence-corrected chi connectivity index (χ2v) is 3.56. The minimum Gasteiger partial charge on any atom is -0.369 e. The van der Waals surface area contributed by atoms with Gasteiger partial charge < -0.3 is 10.7 Å². The number of nitrogens with two attached hydrogens (primary N) is 1. The molecule has 0 aromatic carbocycles. The predicted molar refractivity (Wildman–Crippen MR) is 54.8 cm³/mol.